The number of pyridine rings is 1. The molecule has 1 unspecified atom stereocenters. The lowest BCUT2D eigenvalue weighted by Gasteiger charge is -2.32. The number of aromatic nitrogens is 1. The lowest BCUT2D eigenvalue weighted by atomic mass is 10.0. The highest BCUT2D eigenvalue weighted by atomic mass is 16.5. The first-order valence-corrected chi connectivity index (χ1v) is 7.38. The van der Waals surface area contributed by atoms with Crippen molar-refractivity contribution in [3.8, 4) is 0 Å². The second-order valence-corrected chi connectivity index (χ2v) is 5.57. The summed E-state index contributed by atoms with van der Waals surface area (Å²) < 4.78 is 6.49. The summed E-state index contributed by atoms with van der Waals surface area (Å²) in [5, 5.41) is 0. The van der Waals surface area contributed by atoms with Crippen LogP contribution in [0, 0.1) is 0 Å². The Kier molecular flexibility index (Phi) is 5.38. The summed E-state index contributed by atoms with van der Waals surface area (Å²) in [7, 11) is 2.11. The summed E-state index contributed by atoms with van der Waals surface area (Å²) in [6.45, 7) is 1.41. The molecule has 0 bridgehead atoms. The van der Waals surface area contributed by atoms with Crippen LogP contribution in [0.5, 0.6) is 0 Å². The van der Waals surface area contributed by atoms with E-state index in [1.165, 1.54) is 35.7 Å². The fourth-order valence-electron chi connectivity index (χ4n) is 2.68. The number of hydrogen-bond donors (Lipinski definition) is 1. The van der Waals surface area contributed by atoms with Crippen molar-refractivity contribution >= 4 is 11.7 Å². The Hall–Kier alpha value is -1.82. The molecule has 1 fully saturated rings. The van der Waals surface area contributed by atoms with Crippen LogP contribution in [0.2, 0.25) is 0 Å². The molecule has 0 aromatic carbocycles. The molecule has 6 nitrogen and oxygen atoms in total. The van der Waals surface area contributed by atoms with Gasteiger partial charge in [-0.2, -0.15) is 0 Å². The van der Waals surface area contributed by atoms with Gasteiger partial charge >= 0.3 is 5.97 Å². The second kappa shape index (κ2) is 7.26. The zero-order chi connectivity index (χ0) is 15.2. The predicted molar refractivity (Wildman–Crippen MR) is 81.0 cm³/mol. The van der Waals surface area contributed by atoms with Crippen LogP contribution in [-0.4, -0.2) is 41.7 Å². The van der Waals surface area contributed by atoms with Crippen LogP contribution in [0.4, 0.5) is 5.69 Å². The monoisotopic (exact) mass is 293 g/mol. The number of likely N-dealkylation sites (tertiary alicyclic amines) is 1. The van der Waals surface area contributed by atoms with Crippen molar-refractivity contribution in [3.05, 3.63) is 28.7 Å². The van der Waals surface area contributed by atoms with Crippen molar-refractivity contribution in [2.45, 2.75) is 38.3 Å². The highest BCUT2D eigenvalue weighted by Gasteiger charge is 2.19. The van der Waals surface area contributed by atoms with E-state index in [1.807, 2.05) is 0 Å². The summed E-state index contributed by atoms with van der Waals surface area (Å²) in [5.41, 5.74) is 5.79. The van der Waals surface area contributed by atoms with Gasteiger partial charge in [-0.1, -0.05) is 6.42 Å². The molecule has 1 aromatic rings. The minimum absolute atomic E-state index is 0.0929. The van der Waals surface area contributed by atoms with Gasteiger partial charge in [0.15, 0.2) is 0 Å². The molecule has 2 heterocycles. The maximum absolute atomic E-state index is 11.8. The first kappa shape index (κ1) is 15.6. The number of hydrogen-bond acceptors (Lipinski definition) is 5. The molecule has 1 aromatic heterocycles. The van der Waals surface area contributed by atoms with Crippen LogP contribution in [0.3, 0.4) is 0 Å². The van der Waals surface area contributed by atoms with Gasteiger partial charge in [-0.05, 0) is 38.9 Å². The van der Waals surface area contributed by atoms with E-state index in [0.717, 1.165) is 19.4 Å². The van der Waals surface area contributed by atoms with Crippen LogP contribution in [0.25, 0.3) is 0 Å². The van der Waals surface area contributed by atoms with Gasteiger partial charge in [0.05, 0.1) is 6.61 Å². The van der Waals surface area contributed by atoms with Gasteiger partial charge in [-0.25, -0.2) is 0 Å². The van der Waals surface area contributed by atoms with Gasteiger partial charge < -0.3 is 19.9 Å². The van der Waals surface area contributed by atoms with E-state index < -0.39 is 5.97 Å². The molecule has 2 N–H and O–H groups in total. The Morgan fingerprint density at radius 1 is 1.43 bits per heavy atom. The zero-order valence-electron chi connectivity index (χ0n) is 12.5. The van der Waals surface area contributed by atoms with Gasteiger partial charge in [0.1, 0.15) is 6.54 Å². The molecule has 1 saturated heterocycles. The maximum atomic E-state index is 11.8. The molecular weight excluding hydrogens is 270 g/mol. The molecule has 0 aliphatic carbocycles. The number of anilines is 1. The molecule has 21 heavy (non-hydrogen) atoms. The Morgan fingerprint density at radius 3 is 3.00 bits per heavy atom. The minimum atomic E-state index is -0.402. The quantitative estimate of drug-likeness (QED) is 0.814. The number of piperidine rings is 1. The third kappa shape index (κ3) is 4.60. The Labute approximate surface area is 124 Å². The van der Waals surface area contributed by atoms with Crippen LogP contribution >= 0.6 is 0 Å². The molecular formula is C15H23N3O3. The molecule has 0 amide bonds. The highest BCUT2D eigenvalue weighted by Crippen LogP contribution is 2.17. The summed E-state index contributed by atoms with van der Waals surface area (Å²) >= 11 is 0. The number of esters is 1. The van der Waals surface area contributed by atoms with Gasteiger partial charge in [0.2, 0.25) is 0 Å². The summed E-state index contributed by atoms with van der Waals surface area (Å²) in [6, 6.07) is 3.35. The maximum Gasteiger partial charge on any atom is 0.326 e. The van der Waals surface area contributed by atoms with E-state index in [9.17, 15) is 9.59 Å². The smallest absolute Gasteiger partial charge is 0.326 e. The normalized spacial score (nSPS) is 19.4. The van der Waals surface area contributed by atoms with Crippen molar-refractivity contribution in [1.82, 2.24) is 9.47 Å². The molecule has 6 heteroatoms. The highest BCUT2D eigenvalue weighted by molar-refractivity contribution is 5.69. The summed E-state index contributed by atoms with van der Waals surface area (Å²) in [6.07, 6.45) is 5.93. The van der Waals surface area contributed by atoms with E-state index in [4.69, 9.17) is 10.5 Å². The van der Waals surface area contributed by atoms with E-state index in [-0.39, 0.29) is 12.1 Å². The number of nitrogens with two attached hydrogens (primary N) is 1. The average molecular weight is 293 g/mol. The number of rotatable bonds is 5. The lowest BCUT2D eigenvalue weighted by Crippen LogP contribution is -2.37. The molecule has 1 aliphatic heterocycles. The number of nitrogen functional groups attached to an aromatic ring is 1. The Bertz CT molecular complexity index is 541. The molecule has 116 valence electrons. The van der Waals surface area contributed by atoms with E-state index in [2.05, 4.69) is 11.9 Å². The summed E-state index contributed by atoms with van der Waals surface area (Å²) in [4.78, 5) is 25.6. The fraction of sp³-hybridized carbons (Fsp3) is 0.600. The molecule has 2 rings (SSSR count). The first-order chi connectivity index (χ1) is 10.1. The summed E-state index contributed by atoms with van der Waals surface area (Å²) in [5.74, 6) is -0.402. The minimum Gasteiger partial charge on any atom is -0.464 e. The predicted octanol–water partition coefficient (Wildman–Crippen LogP) is 0.848. The topological polar surface area (TPSA) is 77.6 Å². The van der Waals surface area contributed by atoms with Crippen molar-refractivity contribution < 1.29 is 9.53 Å². The third-order valence-corrected chi connectivity index (χ3v) is 3.94. The van der Waals surface area contributed by atoms with Crippen LogP contribution in [0.15, 0.2) is 23.1 Å². The van der Waals surface area contributed by atoms with E-state index in [0.29, 0.717) is 18.3 Å². The van der Waals surface area contributed by atoms with Crippen LogP contribution in [-0.2, 0) is 16.1 Å². The Morgan fingerprint density at radius 2 is 2.24 bits per heavy atom. The second-order valence-electron chi connectivity index (χ2n) is 5.57. The Balaban J connectivity index is 1.77. The lowest BCUT2D eigenvalue weighted by molar-refractivity contribution is -0.144. The van der Waals surface area contributed by atoms with Gasteiger partial charge in [0, 0.05) is 24.0 Å². The zero-order valence-corrected chi connectivity index (χ0v) is 12.5. The van der Waals surface area contributed by atoms with Gasteiger partial charge in [0.25, 0.3) is 5.56 Å². The fourth-order valence-corrected chi connectivity index (χ4v) is 2.68. The van der Waals surface area contributed by atoms with Crippen LogP contribution < -0.4 is 11.3 Å². The van der Waals surface area contributed by atoms with Crippen molar-refractivity contribution in [2.75, 3.05) is 25.9 Å². The average Bonchev–Trinajstić information content (AvgIpc) is 2.45. The number of nitrogens with zero attached hydrogens (tertiary/aromatic N) is 2. The standard InChI is InChI=1S/C15H23N3O3/c1-17-8-3-2-4-13(17)7-9-21-15(20)11-18-10-12(16)5-6-14(18)19/h5-6,10,13H,2-4,7-9,11,16H2,1H3. The van der Waals surface area contributed by atoms with E-state index in [1.54, 1.807) is 0 Å². The largest absolute Gasteiger partial charge is 0.464 e. The number of carbonyl (C=O) groups is 1. The molecule has 0 spiro atoms. The molecule has 1 atom stereocenters. The third-order valence-electron chi connectivity index (χ3n) is 3.94. The van der Waals surface area contributed by atoms with Gasteiger partial charge in [-0.3, -0.25) is 9.59 Å². The van der Waals surface area contributed by atoms with E-state index >= 15 is 0 Å². The van der Waals surface area contributed by atoms with Crippen LogP contribution in [0.1, 0.15) is 25.7 Å². The number of carbonyl (C=O) groups excluding carboxylic acids is 1. The number of ether oxygens (including phenoxy) is 1. The SMILES string of the molecule is CN1CCCCC1CCOC(=O)Cn1cc(N)ccc1=O. The van der Waals surface area contributed by atoms with Crippen molar-refractivity contribution in [2.24, 2.45) is 0 Å². The molecule has 0 saturated carbocycles. The first-order valence-electron chi connectivity index (χ1n) is 7.38. The molecule has 0 radical (unpaired) electrons. The van der Waals surface area contributed by atoms with Crippen molar-refractivity contribution in [1.29, 1.82) is 0 Å². The van der Waals surface area contributed by atoms with Gasteiger partial charge in [-0.15, -0.1) is 0 Å². The van der Waals surface area contributed by atoms with Crippen molar-refractivity contribution in [3.63, 3.8) is 0 Å². The molecule has 1 aliphatic rings.